The van der Waals surface area contributed by atoms with Crippen LogP contribution in [-0.4, -0.2) is 11.8 Å². The van der Waals surface area contributed by atoms with Gasteiger partial charge in [-0.05, 0) is 5.57 Å². The first-order valence-electron chi connectivity index (χ1n) is 3.21. The van der Waals surface area contributed by atoms with Gasteiger partial charge in [-0.1, -0.05) is 24.3 Å². The van der Waals surface area contributed by atoms with Gasteiger partial charge in [0.1, 0.15) is 0 Å². The number of allylic oxidation sites excluding steroid dienone is 2. The molecule has 0 fully saturated rings. The molecule has 1 aliphatic heterocycles. The van der Waals surface area contributed by atoms with Crippen molar-refractivity contribution >= 4 is 6.21 Å². The maximum atomic E-state index is 5.91. The van der Waals surface area contributed by atoms with Crippen LogP contribution >= 0.6 is 0 Å². The molecular formula is C8H8N2. The van der Waals surface area contributed by atoms with Gasteiger partial charge < -0.3 is 5.73 Å². The predicted molar refractivity (Wildman–Crippen MR) is 41.8 cm³/mol. The maximum Gasteiger partial charge on any atom is 0.0973 e. The second kappa shape index (κ2) is 1.67. The lowest BCUT2D eigenvalue weighted by Crippen LogP contribution is -2.39. The summed E-state index contributed by atoms with van der Waals surface area (Å²) in [7, 11) is 0. The zero-order chi connectivity index (χ0) is 7.03. The fourth-order valence-corrected chi connectivity index (χ4v) is 1.13. The first-order valence-corrected chi connectivity index (χ1v) is 3.21. The van der Waals surface area contributed by atoms with Crippen molar-refractivity contribution < 1.29 is 0 Å². The third kappa shape index (κ3) is 0.595. The van der Waals surface area contributed by atoms with Crippen LogP contribution in [0.15, 0.2) is 41.1 Å². The lowest BCUT2D eigenvalue weighted by molar-refractivity contribution is 0.863. The smallest absolute Gasteiger partial charge is 0.0973 e. The third-order valence-corrected chi connectivity index (χ3v) is 1.76. The first-order chi connectivity index (χ1) is 4.81. The van der Waals surface area contributed by atoms with Crippen molar-refractivity contribution in [1.82, 2.24) is 0 Å². The van der Waals surface area contributed by atoms with E-state index in [-0.39, 0.29) is 0 Å². The van der Waals surface area contributed by atoms with Gasteiger partial charge in [0, 0.05) is 12.4 Å². The topological polar surface area (TPSA) is 38.4 Å². The normalized spacial score (nSPS) is 34.3. The fourth-order valence-electron chi connectivity index (χ4n) is 1.13. The molecule has 0 aromatic rings. The molecule has 2 aliphatic rings. The van der Waals surface area contributed by atoms with Crippen LogP contribution in [0.3, 0.4) is 0 Å². The third-order valence-electron chi connectivity index (χ3n) is 1.76. The Kier molecular flexibility index (Phi) is 0.939. The van der Waals surface area contributed by atoms with Crippen molar-refractivity contribution in [3.8, 4) is 0 Å². The molecule has 0 bridgehead atoms. The van der Waals surface area contributed by atoms with E-state index in [0.29, 0.717) is 0 Å². The molecule has 1 aliphatic carbocycles. The van der Waals surface area contributed by atoms with E-state index in [0.717, 1.165) is 5.57 Å². The summed E-state index contributed by atoms with van der Waals surface area (Å²) in [5.41, 5.74) is 6.57. The highest BCUT2D eigenvalue weighted by Gasteiger charge is 2.27. The molecule has 1 unspecified atom stereocenters. The van der Waals surface area contributed by atoms with E-state index in [1.165, 1.54) is 0 Å². The number of fused-ring (bicyclic) bond motifs is 1. The summed E-state index contributed by atoms with van der Waals surface area (Å²) in [6, 6.07) is 0. The lowest BCUT2D eigenvalue weighted by atomic mass is 9.90. The second-order valence-electron chi connectivity index (χ2n) is 2.51. The van der Waals surface area contributed by atoms with Crippen LogP contribution in [0.4, 0.5) is 0 Å². The van der Waals surface area contributed by atoms with Crippen LogP contribution in [0.2, 0.25) is 0 Å². The minimum Gasteiger partial charge on any atom is -0.314 e. The zero-order valence-corrected chi connectivity index (χ0v) is 5.49. The number of nitrogens with zero attached hydrogens (tertiary/aromatic N) is 1. The van der Waals surface area contributed by atoms with Crippen LogP contribution in [0.1, 0.15) is 0 Å². The summed E-state index contributed by atoms with van der Waals surface area (Å²) >= 11 is 0. The molecule has 0 aromatic carbocycles. The summed E-state index contributed by atoms with van der Waals surface area (Å²) in [6.45, 7) is 0. The molecule has 50 valence electrons. The van der Waals surface area contributed by atoms with E-state index in [4.69, 9.17) is 5.73 Å². The van der Waals surface area contributed by atoms with Gasteiger partial charge in [0.05, 0.1) is 5.54 Å². The molecule has 1 heterocycles. The molecule has 2 rings (SSSR count). The largest absolute Gasteiger partial charge is 0.314 e. The fraction of sp³-hybridized carbons (Fsp3) is 0.125. The van der Waals surface area contributed by atoms with Gasteiger partial charge in [-0.3, -0.25) is 4.99 Å². The van der Waals surface area contributed by atoms with Gasteiger partial charge in [0.25, 0.3) is 0 Å². The molecule has 0 saturated heterocycles. The van der Waals surface area contributed by atoms with E-state index in [1.807, 2.05) is 24.3 Å². The van der Waals surface area contributed by atoms with Gasteiger partial charge in [0.2, 0.25) is 0 Å². The summed E-state index contributed by atoms with van der Waals surface area (Å²) < 4.78 is 0. The molecule has 0 radical (unpaired) electrons. The molecule has 0 aromatic heterocycles. The van der Waals surface area contributed by atoms with Gasteiger partial charge in [-0.2, -0.15) is 0 Å². The Hall–Kier alpha value is -1.15. The molecule has 1 atom stereocenters. The molecular weight excluding hydrogens is 124 g/mol. The average molecular weight is 132 g/mol. The van der Waals surface area contributed by atoms with Gasteiger partial charge in [-0.15, -0.1) is 0 Å². The summed E-state index contributed by atoms with van der Waals surface area (Å²) in [6.07, 6.45) is 11.4. The van der Waals surface area contributed by atoms with Gasteiger partial charge >= 0.3 is 0 Å². The van der Waals surface area contributed by atoms with E-state index in [2.05, 4.69) is 4.99 Å². The van der Waals surface area contributed by atoms with Crippen molar-refractivity contribution in [1.29, 1.82) is 0 Å². The predicted octanol–water partition coefficient (Wildman–Crippen LogP) is 0.778. The molecule has 10 heavy (non-hydrogen) atoms. The van der Waals surface area contributed by atoms with Gasteiger partial charge in [-0.25, -0.2) is 0 Å². The Balaban J connectivity index is 2.51. The molecule has 2 nitrogen and oxygen atoms in total. The Morgan fingerprint density at radius 1 is 1.40 bits per heavy atom. The van der Waals surface area contributed by atoms with Gasteiger partial charge in [0.15, 0.2) is 0 Å². The number of hydrogen-bond donors (Lipinski definition) is 1. The van der Waals surface area contributed by atoms with Crippen molar-refractivity contribution in [2.24, 2.45) is 10.7 Å². The Morgan fingerprint density at radius 2 is 2.30 bits per heavy atom. The lowest BCUT2D eigenvalue weighted by Gasteiger charge is -2.19. The average Bonchev–Trinajstić information content (AvgIpc) is 2.29. The molecule has 2 N–H and O–H groups in total. The highest BCUT2D eigenvalue weighted by atomic mass is 14.8. The second-order valence-corrected chi connectivity index (χ2v) is 2.51. The van der Waals surface area contributed by atoms with Crippen molar-refractivity contribution in [2.45, 2.75) is 5.54 Å². The van der Waals surface area contributed by atoms with E-state index < -0.39 is 5.54 Å². The first kappa shape index (κ1) is 5.62. The van der Waals surface area contributed by atoms with Crippen molar-refractivity contribution in [2.75, 3.05) is 0 Å². The van der Waals surface area contributed by atoms with E-state index >= 15 is 0 Å². The number of nitrogens with two attached hydrogens (primary N) is 1. The minimum atomic E-state index is -0.408. The zero-order valence-electron chi connectivity index (χ0n) is 5.49. The Labute approximate surface area is 59.4 Å². The van der Waals surface area contributed by atoms with E-state index in [9.17, 15) is 0 Å². The molecule has 0 spiro atoms. The van der Waals surface area contributed by atoms with Crippen molar-refractivity contribution in [3.05, 3.63) is 36.1 Å². The number of hydrogen-bond acceptors (Lipinski definition) is 2. The monoisotopic (exact) mass is 132 g/mol. The highest BCUT2D eigenvalue weighted by Crippen LogP contribution is 2.23. The summed E-state index contributed by atoms with van der Waals surface area (Å²) in [5.74, 6) is 0. The van der Waals surface area contributed by atoms with Crippen molar-refractivity contribution in [3.63, 3.8) is 0 Å². The molecule has 2 heteroatoms. The quantitative estimate of drug-likeness (QED) is 0.519. The highest BCUT2D eigenvalue weighted by molar-refractivity contribution is 5.84. The van der Waals surface area contributed by atoms with Crippen LogP contribution in [0, 0.1) is 0 Å². The summed E-state index contributed by atoms with van der Waals surface area (Å²) in [4.78, 5) is 3.99. The Morgan fingerprint density at radius 3 is 3.10 bits per heavy atom. The number of aliphatic imine (C=N–C) groups is 1. The molecule has 0 saturated carbocycles. The Bertz CT molecular complexity index is 271. The SMILES string of the molecule is NC12C=CC=CC1=CN=C2. The van der Waals surface area contributed by atoms with E-state index in [1.54, 1.807) is 12.4 Å². The maximum absolute atomic E-state index is 5.91. The summed E-state index contributed by atoms with van der Waals surface area (Å²) in [5, 5.41) is 0. The van der Waals surface area contributed by atoms with Crippen LogP contribution < -0.4 is 5.73 Å². The van der Waals surface area contributed by atoms with Crippen LogP contribution in [0.25, 0.3) is 0 Å². The standard InChI is InChI=1S/C8H8N2/c9-8-4-2-1-3-7(8)5-10-6-8/h1-6H,9H2. The van der Waals surface area contributed by atoms with Crippen LogP contribution in [0.5, 0.6) is 0 Å². The minimum absolute atomic E-state index is 0.408. The molecule has 0 amide bonds. The van der Waals surface area contributed by atoms with Crippen LogP contribution in [-0.2, 0) is 0 Å². The number of rotatable bonds is 0.